The number of hydrogen-bond acceptors (Lipinski definition) is 2. The van der Waals surface area contributed by atoms with Crippen LogP contribution in [0.4, 0.5) is 0 Å². The molecule has 2 saturated carbocycles. The first kappa shape index (κ1) is 14.8. The van der Waals surface area contributed by atoms with Crippen LogP contribution in [0.2, 0.25) is 0 Å². The number of carbonyl (C=O) groups excluding carboxylic acids is 1. The lowest BCUT2D eigenvalue weighted by molar-refractivity contribution is -0.123. The van der Waals surface area contributed by atoms with E-state index in [0.717, 1.165) is 6.42 Å². The van der Waals surface area contributed by atoms with Crippen LogP contribution in [0.3, 0.4) is 0 Å². The maximum atomic E-state index is 12.1. The topological polar surface area (TPSA) is 55.1 Å². The summed E-state index contributed by atoms with van der Waals surface area (Å²) in [5.74, 6) is 1.42. The zero-order chi connectivity index (χ0) is 13.7. The van der Waals surface area contributed by atoms with Gasteiger partial charge in [0.25, 0.3) is 0 Å². The Hall–Kier alpha value is -0.570. The number of rotatable bonds is 5. The van der Waals surface area contributed by atoms with Crippen molar-refractivity contribution in [1.82, 2.24) is 5.32 Å². The predicted octanol–water partition coefficient (Wildman–Crippen LogP) is 2.98. The third-order valence-corrected chi connectivity index (χ3v) is 5.13. The molecule has 3 heteroatoms. The summed E-state index contributed by atoms with van der Waals surface area (Å²) in [7, 11) is 0. The molecule has 0 aliphatic heterocycles. The van der Waals surface area contributed by atoms with Crippen LogP contribution in [0.15, 0.2) is 0 Å². The summed E-state index contributed by atoms with van der Waals surface area (Å²) < 4.78 is 0. The van der Waals surface area contributed by atoms with E-state index in [0.29, 0.717) is 17.9 Å². The minimum atomic E-state index is -0.299. The van der Waals surface area contributed by atoms with Crippen LogP contribution in [-0.4, -0.2) is 18.0 Å². The van der Waals surface area contributed by atoms with E-state index >= 15 is 0 Å². The minimum absolute atomic E-state index is 0.0740. The summed E-state index contributed by atoms with van der Waals surface area (Å²) in [6.45, 7) is 2.14. The van der Waals surface area contributed by atoms with Crippen LogP contribution in [0, 0.1) is 11.8 Å². The first-order chi connectivity index (χ1) is 9.16. The Bertz CT molecular complexity index is 280. The van der Waals surface area contributed by atoms with Crippen molar-refractivity contribution >= 4 is 5.91 Å². The number of amides is 1. The molecule has 1 amide bonds. The van der Waals surface area contributed by atoms with Gasteiger partial charge in [0.05, 0.1) is 6.04 Å². The van der Waals surface area contributed by atoms with Gasteiger partial charge in [0, 0.05) is 6.04 Å². The molecule has 3 nitrogen and oxygen atoms in total. The Kier molecular flexibility index (Phi) is 5.68. The highest BCUT2D eigenvalue weighted by Crippen LogP contribution is 2.28. The molecule has 0 aromatic rings. The first-order valence-electron chi connectivity index (χ1n) is 8.22. The Morgan fingerprint density at radius 2 is 1.68 bits per heavy atom. The van der Waals surface area contributed by atoms with Gasteiger partial charge in [-0.2, -0.15) is 0 Å². The lowest BCUT2D eigenvalue weighted by Crippen LogP contribution is -2.47. The maximum absolute atomic E-state index is 12.1. The summed E-state index contributed by atoms with van der Waals surface area (Å²) in [5, 5.41) is 3.15. The molecule has 2 aliphatic rings. The van der Waals surface area contributed by atoms with Gasteiger partial charge >= 0.3 is 0 Å². The van der Waals surface area contributed by atoms with Gasteiger partial charge in [0.1, 0.15) is 0 Å². The van der Waals surface area contributed by atoms with Gasteiger partial charge in [0.2, 0.25) is 5.91 Å². The second kappa shape index (κ2) is 7.28. The highest BCUT2D eigenvalue weighted by molar-refractivity contribution is 5.81. The van der Waals surface area contributed by atoms with E-state index in [1.165, 1.54) is 57.8 Å². The quantitative estimate of drug-likeness (QED) is 0.803. The highest BCUT2D eigenvalue weighted by Gasteiger charge is 2.26. The molecule has 2 fully saturated rings. The fourth-order valence-corrected chi connectivity index (χ4v) is 3.80. The smallest absolute Gasteiger partial charge is 0.237 e. The van der Waals surface area contributed by atoms with E-state index in [-0.39, 0.29) is 11.9 Å². The predicted molar refractivity (Wildman–Crippen MR) is 78.7 cm³/mol. The van der Waals surface area contributed by atoms with Crippen molar-refractivity contribution in [2.75, 3.05) is 0 Å². The molecule has 0 heterocycles. The fourth-order valence-electron chi connectivity index (χ4n) is 3.80. The van der Waals surface area contributed by atoms with Gasteiger partial charge in [-0.1, -0.05) is 44.9 Å². The summed E-state index contributed by atoms with van der Waals surface area (Å²) in [6, 6.07) is -0.000594. The molecule has 0 saturated heterocycles. The van der Waals surface area contributed by atoms with Crippen LogP contribution in [0.1, 0.15) is 71.1 Å². The molecule has 3 N–H and O–H groups in total. The molecule has 0 bridgehead atoms. The second-order valence-electron chi connectivity index (χ2n) is 6.69. The number of nitrogens with one attached hydrogen (secondary N) is 1. The molecule has 0 spiro atoms. The third-order valence-electron chi connectivity index (χ3n) is 5.13. The normalized spacial score (nSPS) is 25.2. The highest BCUT2D eigenvalue weighted by atomic mass is 16.2. The SMILES string of the molecule is CC(NC(=O)C(N)CC1CCCCC1)C1CCCC1. The molecule has 2 aliphatic carbocycles. The Balaban J connectivity index is 1.71. The van der Waals surface area contributed by atoms with Crippen LogP contribution < -0.4 is 11.1 Å². The second-order valence-corrected chi connectivity index (χ2v) is 6.69. The minimum Gasteiger partial charge on any atom is -0.352 e. The average Bonchev–Trinajstić information content (AvgIpc) is 2.93. The van der Waals surface area contributed by atoms with Crippen molar-refractivity contribution in [3.63, 3.8) is 0 Å². The summed E-state index contributed by atoms with van der Waals surface area (Å²) in [6.07, 6.45) is 12.6. The maximum Gasteiger partial charge on any atom is 0.237 e. The Morgan fingerprint density at radius 3 is 2.32 bits per heavy atom. The first-order valence-corrected chi connectivity index (χ1v) is 8.22. The molecule has 0 aromatic heterocycles. The molecule has 2 unspecified atom stereocenters. The zero-order valence-electron chi connectivity index (χ0n) is 12.4. The molecule has 2 rings (SSSR count). The van der Waals surface area contributed by atoms with Gasteiger partial charge < -0.3 is 11.1 Å². The van der Waals surface area contributed by atoms with E-state index in [2.05, 4.69) is 12.2 Å². The van der Waals surface area contributed by atoms with Crippen LogP contribution >= 0.6 is 0 Å². The lowest BCUT2D eigenvalue weighted by atomic mass is 9.85. The van der Waals surface area contributed by atoms with E-state index in [4.69, 9.17) is 5.73 Å². The zero-order valence-corrected chi connectivity index (χ0v) is 12.4. The summed E-state index contributed by atoms with van der Waals surface area (Å²) in [5.41, 5.74) is 6.08. The van der Waals surface area contributed by atoms with Gasteiger partial charge in [-0.05, 0) is 38.0 Å². The van der Waals surface area contributed by atoms with Crippen molar-refractivity contribution in [3.05, 3.63) is 0 Å². The van der Waals surface area contributed by atoms with Crippen LogP contribution in [-0.2, 0) is 4.79 Å². The number of carbonyl (C=O) groups is 1. The van der Waals surface area contributed by atoms with Crippen molar-refractivity contribution < 1.29 is 4.79 Å². The molecule has 19 heavy (non-hydrogen) atoms. The van der Waals surface area contributed by atoms with Crippen LogP contribution in [0.25, 0.3) is 0 Å². The summed E-state index contributed by atoms with van der Waals surface area (Å²) >= 11 is 0. The summed E-state index contributed by atoms with van der Waals surface area (Å²) in [4.78, 5) is 12.1. The van der Waals surface area contributed by atoms with Crippen molar-refractivity contribution in [3.8, 4) is 0 Å². The Morgan fingerprint density at radius 1 is 1.11 bits per heavy atom. The van der Waals surface area contributed by atoms with Gasteiger partial charge in [-0.3, -0.25) is 4.79 Å². The monoisotopic (exact) mass is 266 g/mol. The van der Waals surface area contributed by atoms with E-state index in [9.17, 15) is 4.79 Å². The standard InChI is InChI=1S/C16H30N2O/c1-12(14-9-5-6-10-14)18-16(19)15(17)11-13-7-3-2-4-8-13/h12-15H,2-11,17H2,1H3,(H,18,19). The molecule has 0 radical (unpaired) electrons. The van der Waals surface area contributed by atoms with Gasteiger partial charge in [0.15, 0.2) is 0 Å². The van der Waals surface area contributed by atoms with E-state index in [1.54, 1.807) is 0 Å². The van der Waals surface area contributed by atoms with Crippen molar-refractivity contribution in [2.45, 2.75) is 83.2 Å². The van der Waals surface area contributed by atoms with Crippen molar-refractivity contribution in [2.24, 2.45) is 17.6 Å². The van der Waals surface area contributed by atoms with Crippen LogP contribution in [0.5, 0.6) is 0 Å². The number of nitrogens with two attached hydrogens (primary N) is 1. The van der Waals surface area contributed by atoms with Gasteiger partial charge in [-0.15, -0.1) is 0 Å². The fraction of sp³-hybridized carbons (Fsp3) is 0.938. The number of hydrogen-bond donors (Lipinski definition) is 2. The molecular weight excluding hydrogens is 236 g/mol. The van der Waals surface area contributed by atoms with E-state index in [1.807, 2.05) is 0 Å². The average molecular weight is 266 g/mol. The molecule has 110 valence electrons. The lowest BCUT2D eigenvalue weighted by Gasteiger charge is -2.26. The van der Waals surface area contributed by atoms with Crippen molar-refractivity contribution in [1.29, 1.82) is 0 Å². The Labute approximate surface area is 117 Å². The molecular formula is C16H30N2O. The molecule has 0 aromatic carbocycles. The van der Waals surface area contributed by atoms with E-state index < -0.39 is 0 Å². The molecule has 2 atom stereocenters. The van der Waals surface area contributed by atoms with Gasteiger partial charge in [-0.25, -0.2) is 0 Å². The third kappa shape index (κ3) is 4.48. The largest absolute Gasteiger partial charge is 0.352 e.